The Bertz CT molecular complexity index is 1430. The van der Waals surface area contributed by atoms with Crippen molar-refractivity contribution in [3.63, 3.8) is 0 Å². The number of fused-ring (bicyclic) bond motifs is 2. The Kier molecular flexibility index (Phi) is 5.88. The molecule has 0 fully saturated rings. The van der Waals surface area contributed by atoms with Gasteiger partial charge in [0.05, 0.1) is 16.8 Å². The maximum atomic E-state index is 12.2. The molecule has 0 aliphatic heterocycles. The molecule has 0 saturated heterocycles. The highest BCUT2D eigenvalue weighted by molar-refractivity contribution is 7.19. The summed E-state index contributed by atoms with van der Waals surface area (Å²) in [6.07, 6.45) is 3.53. The summed E-state index contributed by atoms with van der Waals surface area (Å²) in [7, 11) is 1.65. The summed E-state index contributed by atoms with van der Waals surface area (Å²) in [5.74, 6) is 1.39. The molecule has 6 heteroatoms. The first-order valence-electron chi connectivity index (χ1n) is 9.87. The van der Waals surface area contributed by atoms with Gasteiger partial charge in [-0.2, -0.15) is 0 Å². The van der Waals surface area contributed by atoms with Gasteiger partial charge in [0.15, 0.2) is 0 Å². The van der Waals surface area contributed by atoms with Gasteiger partial charge in [0, 0.05) is 45.4 Å². The Labute approximate surface area is 190 Å². The van der Waals surface area contributed by atoms with Crippen LogP contribution in [0.25, 0.3) is 32.2 Å². The summed E-state index contributed by atoms with van der Waals surface area (Å²) < 4.78 is 7.25. The monoisotopic (exact) mass is 441 g/mol. The molecule has 0 spiro atoms. The van der Waals surface area contributed by atoms with Crippen molar-refractivity contribution in [2.75, 3.05) is 7.05 Å². The van der Waals surface area contributed by atoms with E-state index in [1.165, 1.54) is 0 Å². The molecule has 0 unspecified atom stereocenters. The van der Waals surface area contributed by atoms with Crippen LogP contribution in [0.1, 0.15) is 22.7 Å². The van der Waals surface area contributed by atoms with Gasteiger partial charge in [0.1, 0.15) is 11.5 Å². The number of carbonyl (C=O) groups excluding carboxylic acids is 1. The molecule has 5 aromatic rings. The van der Waals surface area contributed by atoms with Crippen molar-refractivity contribution < 1.29 is 9.53 Å². The zero-order valence-electron chi connectivity index (χ0n) is 17.0. The zero-order valence-corrected chi connectivity index (χ0v) is 17.9. The van der Waals surface area contributed by atoms with Gasteiger partial charge in [0.25, 0.3) is 5.91 Å². The molecule has 0 atom stereocenters. The van der Waals surface area contributed by atoms with Crippen LogP contribution >= 0.6 is 11.3 Å². The van der Waals surface area contributed by atoms with Crippen molar-refractivity contribution in [1.82, 2.24) is 15.3 Å². The number of benzene rings is 2. The number of hydrogen-bond acceptors (Lipinski definition) is 5. The molecule has 2 aromatic carbocycles. The second kappa shape index (κ2) is 8.77. The SMILES string of the molecule is C.CNC(=O)c1c(C)sc2cc(Oc3ccnc4cc(-c5ccccn5)ccc34)ccc12. The number of ether oxygens (including phenoxy) is 1. The third kappa shape index (κ3) is 3.81. The Morgan fingerprint density at radius 3 is 2.59 bits per heavy atom. The molecule has 3 heterocycles. The summed E-state index contributed by atoms with van der Waals surface area (Å²) >= 11 is 1.59. The van der Waals surface area contributed by atoms with Gasteiger partial charge in [-0.25, -0.2) is 0 Å². The summed E-state index contributed by atoms with van der Waals surface area (Å²) in [5, 5.41) is 4.58. The first-order valence-corrected chi connectivity index (χ1v) is 10.7. The number of hydrogen-bond donors (Lipinski definition) is 1. The molecule has 0 saturated carbocycles. The first kappa shape index (κ1) is 21.5. The van der Waals surface area contributed by atoms with E-state index in [0.717, 1.165) is 54.2 Å². The van der Waals surface area contributed by atoms with E-state index in [1.54, 1.807) is 30.8 Å². The van der Waals surface area contributed by atoms with Crippen molar-refractivity contribution in [1.29, 1.82) is 0 Å². The van der Waals surface area contributed by atoms with Crippen LogP contribution in [-0.4, -0.2) is 22.9 Å². The fourth-order valence-corrected chi connectivity index (χ4v) is 4.79. The maximum absolute atomic E-state index is 12.2. The van der Waals surface area contributed by atoms with Crippen LogP contribution in [0.3, 0.4) is 0 Å². The molecule has 0 aliphatic rings. The van der Waals surface area contributed by atoms with Gasteiger partial charge in [-0.1, -0.05) is 19.6 Å². The third-order valence-electron chi connectivity index (χ3n) is 5.18. The lowest BCUT2D eigenvalue weighted by molar-refractivity contribution is 0.0964. The molecular formula is C26H23N3O2S. The van der Waals surface area contributed by atoms with E-state index in [9.17, 15) is 4.79 Å². The van der Waals surface area contributed by atoms with E-state index < -0.39 is 0 Å². The molecule has 3 aromatic heterocycles. The lowest BCUT2D eigenvalue weighted by Crippen LogP contribution is -2.18. The van der Waals surface area contributed by atoms with Crippen LogP contribution in [0.2, 0.25) is 0 Å². The van der Waals surface area contributed by atoms with Crippen molar-refractivity contribution in [3.8, 4) is 22.8 Å². The highest BCUT2D eigenvalue weighted by Crippen LogP contribution is 2.36. The van der Waals surface area contributed by atoms with E-state index in [1.807, 2.05) is 67.6 Å². The van der Waals surface area contributed by atoms with Gasteiger partial charge in [-0.05, 0) is 55.5 Å². The van der Waals surface area contributed by atoms with E-state index in [-0.39, 0.29) is 13.3 Å². The van der Waals surface area contributed by atoms with Crippen LogP contribution in [0.4, 0.5) is 0 Å². The van der Waals surface area contributed by atoms with Crippen molar-refractivity contribution in [2.24, 2.45) is 0 Å². The van der Waals surface area contributed by atoms with Gasteiger partial charge in [0.2, 0.25) is 0 Å². The van der Waals surface area contributed by atoms with Gasteiger partial charge < -0.3 is 10.1 Å². The molecule has 32 heavy (non-hydrogen) atoms. The smallest absolute Gasteiger partial charge is 0.252 e. The zero-order chi connectivity index (χ0) is 21.4. The van der Waals surface area contributed by atoms with Crippen molar-refractivity contribution in [3.05, 3.63) is 83.5 Å². The lowest BCUT2D eigenvalue weighted by atomic mass is 10.1. The molecule has 0 bridgehead atoms. The molecule has 5 nitrogen and oxygen atoms in total. The Hall–Kier alpha value is -3.77. The quantitative estimate of drug-likeness (QED) is 0.341. The predicted octanol–water partition coefficient (Wildman–Crippen LogP) is 6.61. The fraction of sp³-hybridized carbons (Fsp3) is 0.115. The Balaban J connectivity index is 0.00000245. The number of amides is 1. The van der Waals surface area contributed by atoms with E-state index in [0.29, 0.717) is 0 Å². The second-order valence-corrected chi connectivity index (χ2v) is 8.38. The molecule has 0 radical (unpaired) electrons. The molecule has 5 rings (SSSR count). The summed E-state index contributed by atoms with van der Waals surface area (Å²) in [6, 6.07) is 19.6. The van der Waals surface area contributed by atoms with Crippen LogP contribution < -0.4 is 10.1 Å². The molecule has 160 valence electrons. The van der Waals surface area contributed by atoms with Gasteiger partial charge in [-0.3, -0.25) is 14.8 Å². The highest BCUT2D eigenvalue weighted by Gasteiger charge is 2.16. The van der Waals surface area contributed by atoms with E-state index in [4.69, 9.17) is 4.74 Å². The molecule has 1 amide bonds. The minimum atomic E-state index is -0.0683. The summed E-state index contributed by atoms with van der Waals surface area (Å²) in [4.78, 5) is 22.1. The van der Waals surface area contributed by atoms with Crippen molar-refractivity contribution >= 4 is 38.2 Å². The minimum absolute atomic E-state index is 0. The number of aromatic nitrogens is 2. The van der Waals surface area contributed by atoms with Gasteiger partial charge in [-0.15, -0.1) is 11.3 Å². The van der Waals surface area contributed by atoms with E-state index >= 15 is 0 Å². The van der Waals surface area contributed by atoms with E-state index in [2.05, 4.69) is 15.3 Å². The van der Waals surface area contributed by atoms with Crippen molar-refractivity contribution in [2.45, 2.75) is 14.4 Å². The summed E-state index contributed by atoms with van der Waals surface area (Å²) in [5.41, 5.74) is 3.49. The van der Waals surface area contributed by atoms with Crippen LogP contribution in [0, 0.1) is 6.92 Å². The topological polar surface area (TPSA) is 64.1 Å². The van der Waals surface area contributed by atoms with Gasteiger partial charge >= 0.3 is 0 Å². The fourth-order valence-electron chi connectivity index (χ4n) is 3.70. The lowest BCUT2D eigenvalue weighted by Gasteiger charge is -2.10. The summed E-state index contributed by atoms with van der Waals surface area (Å²) in [6.45, 7) is 1.96. The Morgan fingerprint density at radius 1 is 0.969 bits per heavy atom. The average molecular weight is 442 g/mol. The number of nitrogens with zero attached hydrogens (tertiary/aromatic N) is 2. The third-order valence-corrected chi connectivity index (χ3v) is 6.25. The van der Waals surface area contributed by atoms with Crippen LogP contribution in [0.15, 0.2) is 73.1 Å². The minimum Gasteiger partial charge on any atom is -0.457 e. The van der Waals surface area contributed by atoms with Crippen LogP contribution in [0.5, 0.6) is 11.5 Å². The average Bonchev–Trinajstić information content (AvgIpc) is 3.14. The first-order chi connectivity index (χ1) is 15.1. The standard InChI is InChI=1S/C25H19N3O2S.CH4/c1-15-24(25(29)26-2)19-9-7-17(14-23(19)31-15)30-22-10-12-28-21-13-16(6-8-18(21)22)20-5-3-4-11-27-20;/h3-14H,1-2H3,(H,26,29);1H4. The number of nitrogens with one attached hydrogen (secondary N) is 1. The Morgan fingerprint density at radius 2 is 1.81 bits per heavy atom. The number of rotatable bonds is 4. The predicted molar refractivity (Wildman–Crippen MR) is 132 cm³/mol. The normalized spacial score (nSPS) is 10.7. The molecular weight excluding hydrogens is 418 g/mol. The second-order valence-electron chi connectivity index (χ2n) is 7.13. The number of aryl methyl sites for hydroxylation is 1. The number of carbonyl (C=O) groups is 1. The van der Waals surface area contributed by atoms with Crippen LogP contribution in [-0.2, 0) is 0 Å². The number of pyridine rings is 2. The number of thiophene rings is 1. The highest BCUT2D eigenvalue weighted by atomic mass is 32.1. The largest absolute Gasteiger partial charge is 0.457 e. The maximum Gasteiger partial charge on any atom is 0.252 e. The molecule has 0 aliphatic carbocycles. The molecule has 1 N–H and O–H groups in total.